The van der Waals surface area contributed by atoms with Crippen LogP contribution in [0.25, 0.3) is 9.69 Å². The molecule has 1 saturated heterocycles. The fourth-order valence-electron chi connectivity index (χ4n) is 6.36. The van der Waals surface area contributed by atoms with E-state index in [-0.39, 0.29) is 29.4 Å². The maximum absolute atomic E-state index is 11.1. The van der Waals surface area contributed by atoms with Crippen LogP contribution in [0.2, 0.25) is 0 Å². The first-order valence-electron chi connectivity index (χ1n) is 10.7. The number of fused-ring (bicyclic) bond motifs is 1. The Hall–Kier alpha value is -1.30. The minimum atomic E-state index is -1.01. The number of ether oxygens (including phenoxy) is 1. The van der Waals surface area contributed by atoms with Crippen molar-refractivity contribution < 1.29 is 9.84 Å². The fourth-order valence-corrected chi connectivity index (χ4v) is 6.57. The van der Waals surface area contributed by atoms with Crippen LogP contribution in [-0.4, -0.2) is 44.7 Å². The lowest BCUT2D eigenvalue weighted by Crippen LogP contribution is -2.62. The summed E-state index contributed by atoms with van der Waals surface area (Å²) in [5.41, 5.74) is -2.30. The lowest BCUT2D eigenvalue weighted by atomic mass is 9.51. The molecule has 1 heterocycles. The van der Waals surface area contributed by atoms with Crippen molar-refractivity contribution in [2.75, 3.05) is 0 Å². The number of hydrogen-bond donors (Lipinski definition) is 1. The van der Waals surface area contributed by atoms with E-state index in [1.54, 1.807) is 6.92 Å². The van der Waals surface area contributed by atoms with Crippen LogP contribution in [0, 0.1) is 30.9 Å². The zero-order valence-corrected chi connectivity index (χ0v) is 19.1. The van der Waals surface area contributed by atoms with Gasteiger partial charge in [-0.2, -0.15) is 0 Å². The summed E-state index contributed by atoms with van der Waals surface area (Å²) < 4.78 is 6.62. The van der Waals surface area contributed by atoms with Gasteiger partial charge in [0.15, 0.2) is 0 Å². The van der Waals surface area contributed by atoms with Gasteiger partial charge in [0.1, 0.15) is 11.7 Å². The second-order valence-electron chi connectivity index (χ2n) is 10.6. The lowest BCUT2D eigenvalue weighted by Gasteiger charge is -2.55. The van der Waals surface area contributed by atoms with Gasteiger partial charge in [0.2, 0.25) is 0 Å². The first kappa shape index (κ1) is 22.4. The van der Waals surface area contributed by atoms with Crippen molar-refractivity contribution >= 4 is 17.4 Å². The largest absolute Gasteiger partial charge is 0.382 e. The molecule has 1 aliphatic heterocycles. The Balaban J connectivity index is 2.00. The lowest BCUT2D eigenvalue weighted by molar-refractivity contribution is -0.150. The Labute approximate surface area is 180 Å². The van der Waals surface area contributed by atoms with E-state index < -0.39 is 22.8 Å². The van der Waals surface area contributed by atoms with Crippen LogP contribution < -0.4 is 0 Å². The van der Waals surface area contributed by atoms with E-state index in [4.69, 9.17) is 30.1 Å². The molecular formula is C23H33N3O2S. The highest BCUT2D eigenvalue weighted by Gasteiger charge is 2.64. The van der Waals surface area contributed by atoms with E-state index in [1.165, 1.54) is 0 Å². The first-order chi connectivity index (χ1) is 13.4. The third-order valence-corrected chi connectivity index (χ3v) is 8.36. The summed E-state index contributed by atoms with van der Waals surface area (Å²) in [5.74, 6) is 0.310. The molecule has 3 aliphatic rings. The molecule has 0 unspecified atom stereocenters. The Kier molecular flexibility index (Phi) is 5.74. The molecule has 5 nitrogen and oxygen atoms in total. The summed E-state index contributed by atoms with van der Waals surface area (Å²) in [5, 5.41) is 13.7. The third-order valence-electron chi connectivity index (χ3n) is 8.27. The van der Waals surface area contributed by atoms with Gasteiger partial charge >= 0.3 is 0 Å². The molecule has 0 radical (unpaired) electrons. The van der Waals surface area contributed by atoms with E-state index in [9.17, 15) is 5.11 Å². The molecule has 0 bridgehead atoms. The molecule has 0 amide bonds. The Morgan fingerprint density at radius 3 is 2.34 bits per heavy atom. The van der Waals surface area contributed by atoms with E-state index in [2.05, 4.69) is 33.7 Å². The molecule has 29 heavy (non-hydrogen) atoms. The first-order valence-corrected chi connectivity index (χ1v) is 11.1. The van der Waals surface area contributed by atoms with Crippen molar-refractivity contribution in [3.63, 3.8) is 0 Å². The van der Waals surface area contributed by atoms with Crippen LogP contribution in [0.15, 0.2) is 4.99 Å². The molecule has 0 aromatic carbocycles. The van der Waals surface area contributed by atoms with E-state index in [1.807, 2.05) is 13.8 Å². The molecule has 3 rings (SSSR count). The molecule has 3 fully saturated rings. The Morgan fingerprint density at radius 2 is 1.76 bits per heavy atom. The molecule has 0 aromatic rings. The van der Waals surface area contributed by atoms with Gasteiger partial charge in [-0.05, 0) is 83.3 Å². The van der Waals surface area contributed by atoms with Gasteiger partial charge in [0.05, 0.1) is 16.3 Å². The van der Waals surface area contributed by atoms with Crippen molar-refractivity contribution in [2.24, 2.45) is 22.7 Å². The van der Waals surface area contributed by atoms with Gasteiger partial charge < -0.3 is 19.5 Å². The van der Waals surface area contributed by atoms with Gasteiger partial charge in [-0.15, -0.1) is 0 Å². The molecule has 158 valence electrons. The number of nitrogens with zero attached hydrogens (tertiary/aromatic N) is 3. The number of aliphatic hydroxyl groups is 1. The maximum Gasteiger partial charge on any atom is 0.255 e. The van der Waals surface area contributed by atoms with Crippen molar-refractivity contribution in [1.29, 1.82) is 0 Å². The second-order valence-corrected chi connectivity index (χ2v) is 10.8. The van der Waals surface area contributed by atoms with Crippen molar-refractivity contribution in [3.8, 4) is 0 Å². The van der Waals surface area contributed by atoms with Gasteiger partial charge in [0.25, 0.3) is 11.6 Å². The number of thiocarbonyl (C=S) groups is 1. The summed E-state index contributed by atoms with van der Waals surface area (Å²) in [4.78, 5) is 12.3. The van der Waals surface area contributed by atoms with Gasteiger partial charge in [-0.25, -0.2) is 18.1 Å². The quantitative estimate of drug-likeness (QED) is 0.403. The summed E-state index contributed by atoms with van der Waals surface area (Å²) in [7, 11) is 0. The van der Waals surface area contributed by atoms with Crippen molar-refractivity contribution in [2.45, 2.75) is 108 Å². The van der Waals surface area contributed by atoms with E-state index >= 15 is 0 Å². The highest BCUT2D eigenvalue weighted by molar-refractivity contribution is 7.78. The molecule has 1 N–H and O–H groups in total. The summed E-state index contributed by atoms with van der Waals surface area (Å²) >= 11 is 4.95. The predicted molar refractivity (Wildman–Crippen MR) is 117 cm³/mol. The normalized spacial score (nSPS) is 47.4. The number of aliphatic imine (C=N–C) groups is 1. The topological polar surface area (TPSA) is 50.5 Å². The predicted octanol–water partition coefficient (Wildman–Crippen LogP) is 4.96. The summed E-state index contributed by atoms with van der Waals surface area (Å²) in [6.07, 6.45) is 4.81. The van der Waals surface area contributed by atoms with Crippen LogP contribution in [0.5, 0.6) is 0 Å². The highest BCUT2D eigenvalue weighted by atomic mass is 32.1. The number of rotatable bonds is 3. The Bertz CT molecular complexity index is 791. The van der Waals surface area contributed by atoms with Crippen LogP contribution in [0.1, 0.15) is 73.1 Å². The second kappa shape index (κ2) is 7.44. The van der Waals surface area contributed by atoms with Crippen LogP contribution in [0.3, 0.4) is 0 Å². The van der Waals surface area contributed by atoms with Crippen LogP contribution in [-0.2, 0) is 4.74 Å². The summed E-state index contributed by atoms with van der Waals surface area (Å²) in [6.45, 7) is 25.4. The van der Waals surface area contributed by atoms with Crippen LogP contribution in [0.4, 0.5) is 0 Å². The minimum Gasteiger partial charge on any atom is -0.382 e. The fraction of sp³-hybridized carbons (Fsp3) is 0.870. The molecule has 6 heteroatoms. The summed E-state index contributed by atoms with van der Waals surface area (Å²) in [6, 6.07) is -0.487. The van der Waals surface area contributed by atoms with Crippen molar-refractivity contribution in [1.82, 2.24) is 0 Å². The van der Waals surface area contributed by atoms with Gasteiger partial charge in [-0.3, -0.25) is 0 Å². The van der Waals surface area contributed by atoms with Gasteiger partial charge in [0, 0.05) is 19.8 Å². The molecule has 0 aromatic heterocycles. The van der Waals surface area contributed by atoms with E-state index in [0.29, 0.717) is 6.42 Å². The number of hydrogen-bond acceptors (Lipinski definition) is 4. The zero-order chi connectivity index (χ0) is 21.7. The minimum absolute atomic E-state index is 0.0121. The Morgan fingerprint density at radius 1 is 1.10 bits per heavy atom. The maximum atomic E-state index is 11.1. The highest BCUT2D eigenvalue weighted by Crippen LogP contribution is 2.58. The third kappa shape index (κ3) is 3.66. The zero-order valence-electron chi connectivity index (χ0n) is 18.2. The monoisotopic (exact) mass is 415 g/mol. The van der Waals surface area contributed by atoms with E-state index in [0.717, 1.165) is 32.1 Å². The average Bonchev–Trinajstić information content (AvgIpc) is 3.05. The average molecular weight is 416 g/mol. The number of isothiocyanates is 1. The molecule has 8 atom stereocenters. The van der Waals surface area contributed by atoms with Gasteiger partial charge in [-0.1, -0.05) is 0 Å². The molecule has 0 spiro atoms. The molecular weight excluding hydrogens is 382 g/mol. The van der Waals surface area contributed by atoms with Crippen molar-refractivity contribution in [3.05, 3.63) is 22.8 Å². The smallest absolute Gasteiger partial charge is 0.255 e. The van der Waals surface area contributed by atoms with Crippen LogP contribution >= 0.6 is 12.2 Å². The SMILES string of the molecule is [C-]#[N+][C@@H]1[C@H]2[C@H](CC[C@@]1(C)O)[C@](C)(N=C=S)CC[C@@H]2[C@@]1(C)CC[C@@H](C(C)(C)[N+]#[C-])O1. The molecule has 2 aliphatic carbocycles. The standard InChI is InChI=1S/C23H33N3O2S/c1-20(2,25-7)17-10-13-23(5,28-17)16-8-11-21(3,26-14-29)15-9-12-22(4,27)19(24-6)18(15)16/h15-19,27H,8-13H2,1-5H3/t15-,16-,17-,18-,19+,21+,22+,23+/m0/s1. The molecule has 2 saturated carbocycles.